The zero-order valence-corrected chi connectivity index (χ0v) is 23.8. The minimum atomic E-state index is -8.63. The largest absolute Gasteiger partial charge is 0.379 e. The minimum absolute atomic E-state index is 3.77. The van der Waals surface area contributed by atoms with Gasteiger partial charge < -0.3 is 0 Å². The van der Waals surface area contributed by atoms with Crippen molar-refractivity contribution in [1.82, 2.24) is 0 Å². The van der Waals surface area contributed by atoms with Gasteiger partial charge in [-0.15, -0.1) is 0 Å². The Morgan fingerprint density at radius 3 is 0.704 bits per heavy atom. The Balaban J connectivity index is 2.29. The first-order valence-electron chi connectivity index (χ1n) is 13.0. The molecular formula is C26BF27. The highest BCUT2D eigenvalue weighted by molar-refractivity contribution is 6.78. The predicted molar refractivity (Wildman–Crippen MR) is 117 cm³/mol. The molecule has 0 heterocycles. The van der Waals surface area contributed by atoms with Crippen molar-refractivity contribution in [2.75, 3.05) is 0 Å². The molecule has 0 saturated carbocycles. The molecule has 296 valence electrons. The summed E-state index contributed by atoms with van der Waals surface area (Å²) in [5.74, 6) is -104. The Bertz CT molecular complexity index is 2030. The van der Waals surface area contributed by atoms with Crippen molar-refractivity contribution in [2.45, 2.75) is 46.7 Å². The summed E-state index contributed by atoms with van der Waals surface area (Å²) in [5, 5.41) is 0. The van der Waals surface area contributed by atoms with Crippen LogP contribution in [0.4, 0.5) is 119 Å². The highest BCUT2D eigenvalue weighted by Gasteiger charge is 2.95. The van der Waals surface area contributed by atoms with Crippen LogP contribution < -0.4 is 5.46 Å². The summed E-state index contributed by atoms with van der Waals surface area (Å²) >= 11 is 0. The van der Waals surface area contributed by atoms with E-state index in [1.165, 1.54) is 0 Å². The predicted octanol–water partition coefficient (Wildman–Crippen LogP) is 9.76. The lowest BCUT2D eigenvalue weighted by Gasteiger charge is -2.54. The third kappa shape index (κ3) is 4.01. The fraction of sp³-hybridized carbons (Fsp3) is 0.308. The number of fused-ring (bicyclic) bond motifs is 2. The maximum Gasteiger partial charge on any atom is 0.379 e. The summed E-state index contributed by atoms with van der Waals surface area (Å²) in [6.07, 6.45) is 0. The quantitative estimate of drug-likeness (QED) is 0.107. The Morgan fingerprint density at radius 2 is 0.444 bits per heavy atom. The molecule has 3 aromatic rings. The van der Waals surface area contributed by atoms with E-state index in [9.17, 15) is 57.1 Å². The average molecular weight is 836 g/mol. The van der Waals surface area contributed by atoms with E-state index in [-0.39, 0.29) is 0 Å². The van der Waals surface area contributed by atoms with Gasteiger partial charge in [-0.25, -0.2) is 65.9 Å². The molecule has 2 aliphatic carbocycles. The van der Waals surface area contributed by atoms with Crippen molar-refractivity contribution in [3.05, 3.63) is 97.9 Å². The summed E-state index contributed by atoms with van der Waals surface area (Å²) in [6, 6.07) is 0. The third-order valence-electron chi connectivity index (χ3n) is 8.71. The number of alkyl halides is 14. The number of benzene rings is 3. The molecule has 0 N–H and O–H groups in total. The number of halogens is 27. The van der Waals surface area contributed by atoms with Crippen LogP contribution in [-0.2, 0) is 23.0 Å². The van der Waals surface area contributed by atoms with E-state index < -0.39 is 157 Å². The molecule has 0 radical (unpaired) electrons. The zero-order valence-electron chi connectivity index (χ0n) is 23.8. The van der Waals surface area contributed by atoms with Gasteiger partial charge in [-0.05, 0) is 0 Å². The molecule has 3 aromatic carbocycles. The highest BCUT2D eigenvalue weighted by Crippen LogP contribution is 2.72. The summed E-state index contributed by atoms with van der Waals surface area (Å²) in [4.78, 5) is 0. The molecule has 2 atom stereocenters. The van der Waals surface area contributed by atoms with E-state index in [1.54, 1.807) is 0 Å². The van der Waals surface area contributed by atoms with Gasteiger partial charge in [0.2, 0.25) is 0 Å². The molecule has 0 saturated heterocycles. The average Bonchev–Trinajstić information content (AvgIpc) is 3.06. The molecule has 0 nitrogen and oxygen atoms in total. The van der Waals surface area contributed by atoms with E-state index in [1.807, 2.05) is 0 Å². The van der Waals surface area contributed by atoms with Crippen LogP contribution in [0.2, 0.25) is 0 Å². The molecule has 0 amide bonds. The van der Waals surface area contributed by atoms with E-state index in [0.717, 1.165) is 0 Å². The first-order chi connectivity index (χ1) is 24.1. The minimum Gasteiger partial charge on any atom is -0.241 e. The van der Waals surface area contributed by atoms with Gasteiger partial charge in [0.25, 0.3) is 6.71 Å². The summed E-state index contributed by atoms with van der Waals surface area (Å²) in [7, 11) is 0. The van der Waals surface area contributed by atoms with Crippen LogP contribution in [0.25, 0.3) is 0 Å². The first kappa shape index (κ1) is 41.0. The van der Waals surface area contributed by atoms with E-state index in [4.69, 9.17) is 0 Å². The van der Waals surface area contributed by atoms with Crippen molar-refractivity contribution in [2.24, 2.45) is 0 Å². The normalized spacial score (nSPS) is 25.6. The van der Waals surface area contributed by atoms with Gasteiger partial charge in [0.1, 0.15) is 0 Å². The molecule has 0 aliphatic heterocycles. The first-order valence-corrected chi connectivity index (χ1v) is 13.0. The highest BCUT2D eigenvalue weighted by atomic mass is 19.4. The second-order valence-electron chi connectivity index (χ2n) is 11.3. The van der Waals surface area contributed by atoms with Crippen molar-refractivity contribution in [3.8, 4) is 0 Å². The molecule has 54 heavy (non-hydrogen) atoms. The van der Waals surface area contributed by atoms with Crippen LogP contribution in [0.3, 0.4) is 0 Å². The van der Waals surface area contributed by atoms with Gasteiger partial charge >= 0.3 is 35.5 Å². The van der Waals surface area contributed by atoms with Crippen molar-refractivity contribution < 1.29 is 119 Å². The van der Waals surface area contributed by atoms with Gasteiger partial charge in [0.05, 0.1) is 11.1 Å². The SMILES string of the molecule is Fc1c(F)c(F)c(B(C2(F)c3c(F)c(F)c(F)c(F)c3C(F)(F)C(F)(F)C2(F)F)C2(F)c3c(F)c(F)c(F)c(F)c3C(F)(F)C(F)(F)C2(F)F)c(F)c1F. The summed E-state index contributed by atoms with van der Waals surface area (Å²) in [5.41, 5.74) is -39.6. The van der Waals surface area contributed by atoms with Crippen LogP contribution in [-0.4, -0.2) is 30.4 Å². The number of hydrogen-bond donors (Lipinski definition) is 0. The fourth-order valence-electron chi connectivity index (χ4n) is 6.21. The molecule has 5 rings (SSSR count). The van der Waals surface area contributed by atoms with Crippen molar-refractivity contribution >= 4 is 12.2 Å². The zero-order chi connectivity index (χ0) is 42.0. The van der Waals surface area contributed by atoms with Gasteiger partial charge in [-0.1, -0.05) is 0 Å². The van der Waals surface area contributed by atoms with Gasteiger partial charge in [0, 0.05) is 16.6 Å². The smallest absolute Gasteiger partial charge is 0.241 e. The molecule has 2 aliphatic rings. The molecule has 0 fully saturated rings. The second-order valence-corrected chi connectivity index (χ2v) is 11.3. The third-order valence-corrected chi connectivity index (χ3v) is 8.71. The lowest BCUT2D eigenvalue weighted by molar-refractivity contribution is -0.361. The monoisotopic (exact) mass is 836 g/mol. The van der Waals surface area contributed by atoms with E-state index in [2.05, 4.69) is 0 Å². The Labute approximate surface area is 276 Å². The van der Waals surface area contributed by atoms with Crippen molar-refractivity contribution in [3.63, 3.8) is 0 Å². The maximum absolute atomic E-state index is 17.4. The number of rotatable bonds is 3. The van der Waals surface area contributed by atoms with Crippen molar-refractivity contribution in [1.29, 1.82) is 0 Å². The molecular weight excluding hydrogens is 836 g/mol. The molecule has 28 heteroatoms. The molecule has 0 aromatic heterocycles. The molecule has 2 unspecified atom stereocenters. The summed E-state index contributed by atoms with van der Waals surface area (Å²) < 4.78 is 408. The topological polar surface area (TPSA) is 0 Å². The van der Waals surface area contributed by atoms with Crippen LogP contribution in [0.15, 0.2) is 0 Å². The molecule has 0 spiro atoms. The van der Waals surface area contributed by atoms with E-state index in [0.29, 0.717) is 0 Å². The lowest BCUT2D eigenvalue weighted by atomic mass is 9.22. The van der Waals surface area contributed by atoms with Gasteiger partial charge in [-0.3, -0.25) is 0 Å². The maximum atomic E-state index is 17.4. The van der Waals surface area contributed by atoms with Gasteiger partial charge in [-0.2, -0.15) is 52.7 Å². The fourth-order valence-corrected chi connectivity index (χ4v) is 6.21. The molecule has 0 bridgehead atoms. The van der Waals surface area contributed by atoms with Crippen LogP contribution in [0.5, 0.6) is 0 Å². The van der Waals surface area contributed by atoms with Crippen LogP contribution in [0.1, 0.15) is 22.3 Å². The van der Waals surface area contributed by atoms with Gasteiger partial charge in [0.15, 0.2) is 86.8 Å². The lowest BCUT2D eigenvalue weighted by Crippen LogP contribution is -2.81. The Kier molecular flexibility index (Phi) is 8.35. The standard InChI is InChI=1S/C26BF27/c28-6-1-3(8(30)14(36)12(6)34)21(43,44)25(51,52)23(47,48)19(1,41)27(5-10(32)16(38)18(40)17(39)11(5)33)20(42)2-4(9(31)15(37)13(35)7(2)29)22(45,46)26(53,54)24(20,49)50. The van der Waals surface area contributed by atoms with Crippen LogP contribution in [0, 0.1) is 75.6 Å². The second kappa shape index (κ2) is 11.0. The van der Waals surface area contributed by atoms with E-state index >= 15 is 61.5 Å². The summed E-state index contributed by atoms with van der Waals surface area (Å²) in [6.45, 7) is -7.08. The van der Waals surface area contributed by atoms with Crippen LogP contribution >= 0.6 is 0 Å². The Hall–Kier alpha value is -4.17. The number of hydrogen-bond acceptors (Lipinski definition) is 0. The Morgan fingerprint density at radius 1 is 0.241 bits per heavy atom.